The maximum atomic E-state index is 12.4. The van der Waals surface area contributed by atoms with E-state index < -0.39 is 0 Å². The molecular weight excluding hydrogens is 266 g/mol. The van der Waals surface area contributed by atoms with Crippen LogP contribution >= 0.6 is 0 Å². The highest BCUT2D eigenvalue weighted by Crippen LogP contribution is 2.39. The molecule has 1 heterocycles. The third-order valence-electron chi connectivity index (χ3n) is 3.88. The Hall–Kier alpha value is -2.49. The Morgan fingerprint density at radius 2 is 1.57 bits per heavy atom. The van der Waals surface area contributed by atoms with E-state index in [9.17, 15) is 4.79 Å². The van der Waals surface area contributed by atoms with Gasteiger partial charge in [0, 0.05) is 18.7 Å². The van der Waals surface area contributed by atoms with Crippen LogP contribution in [-0.2, 0) is 11.2 Å². The maximum absolute atomic E-state index is 12.4. The molecular formula is C17H17NO3. The van der Waals surface area contributed by atoms with Gasteiger partial charge in [0.25, 0.3) is 0 Å². The predicted octanol–water partition coefficient (Wildman–Crippen LogP) is 2.89. The van der Waals surface area contributed by atoms with Crippen LogP contribution in [0.1, 0.15) is 5.56 Å². The predicted molar refractivity (Wildman–Crippen MR) is 82.1 cm³/mol. The third kappa shape index (κ3) is 2.23. The maximum Gasteiger partial charge on any atom is 0.231 e. The van der Waals surface area contributed by atoms with Gasteiger partial charge in [-0.25, -0.2) is 0 Å². The molecule has 0 radical (unpaired) electrons. The molecule has 0 N–H and O–H groups in total. The molecule has 0 spiro atoms. The Kier molecular flexibility index (Phi) is 3.29. The van der Waals surface area contributed by atoms with E-state index in [1.165, 1.54) is 0 Å². The van der Waals surface area contributed by atoms with Crippen molar-refractivity contribution in [3.63, 3.8) is 0 Å². The van der Waals surface area contributed by atoms with Crippen molar-refractivity contribution in [1.82, 2.24) is 0 Å². The summed E-state index contributed by atoms with van der Waals surface area (Å²) in [5.74, 6) is 1.56. The van der Waals surface area contributed by atoms with Crippen LogP contribution in [0.5, 0.6) is 11.5 Å². The number of rotatable bonds is 2. The van der Waals surface area contributed by atoms with Crippen molar-refractivity contribution >= 4 is 11.6 Å². The molecule has 0 saturated carbocycles. The van der Waals surface area contributed by atoms with Gasteiger partial charge in [0.1, 0.15) is 11.5 Å². The molecule has 4 nitrogen and oxygen atoms in total. The fraction of sp³-hybridized carbons (Fsp3) is 0.235. The molecule has 0 atom stereocenters. The second kappa shape index (κ2) is 5.13. The van der Waals surface area contributed by atoms with Gasteiger partial charge in [0.2, 0.25) is 5.91 Å². The fourth-order valence-electron chi connectivity index (χ4n) is 2.67. The molecule has 0 unspecified atom stereocenters. The zero-order valence-electron chi connectivity index (χ0n) is 12.3. The summed E-state index contributed by atoms with van der Waals surface area (Å²) >= 11 is 0. The summed E-state index contributed by atoms with van der Waals surface area (Å²) in [7, 11) is 5.05. The van der Waals surface area contributed by atoms with E-state index in [0.29, 0.717) is 6.42 Å². The molecule has 0 aliphatic carbocycles. The summed E-state index contributed by atoms with van der Waals surface area (Å²) in [5, 5.41) is 0. The van der Waals surface area contributed by atoms with E-state index in [4.69, 9.17) is 9.47 Å². The normalized spacial score (nSPS) is 13.3. The van der Waals surface area contributed by atoms with Crippen LogP contribution < -0.4 is 14.4 Å². The molecule has 2 aromatic carbocycles. The highest BCUT2D eigenvalue weighted by Gasteiger charge is 2.24. The smallest absolute Gasteiger partial charge is 0.231 e. The van der Waals surface area contributed by atoms with Crippen molar-refractivity contribution in [2.45, 2.75) is 6.42 Å². The lowest BCUT2D eigenvalue weighted by atomic mass is 9.97. The molecule has 1 amide bonds. The van der Waals surface area contributed by atoms with E-state index in [1.807, 2.05) is 36.4 Å². The lowest BCUT2D eigenvalue weighted by molar-refractivity contribution is -0.117. The summed E-state index contributed by atoms with van der Waals surface area (Å²) < 4.78 is 10.5. The molecule has 1 aliphatic rings. The van der Waals surface area contributed by atoms with Crippen LogP contribution in [0.2, 0.25) is 0 Å². The summed E-state index contributed by atoms with van der Waals surface area (Å²) in [4.78, 5) is 14.1. The number of hydrogen-bond donors (Lipinski definition) is 0. The second-order valence-corrected chi connectivity index (χ2v) is 5.04. The number of hydrogen-bond acceptors (Lipinski definition) is 3. The zero-order chi connectivity index (χ0) is 15.0. The molecule has 0 bridgehead atoms. The van der Waals surface area contributed by atoms with Gasteiger partial charge in [-0.1, -0.05) is 6.07 Å². The van der Waals surface area contributed by atoms with E-state index >= 15 is 0 Å². The van der Waals surface area contributed by atoms with Crippen molar-refractivity contribution in [2.24, 2.45) is 0 Å². The van der Waals surface area contributed by atoms with Gasteiger partial charge < -0.3 is 14.4 Å². The van der Waals surface area contributed by atoms with Gasteiger partial charge in [-0.15, -0.1) is 0 Å². The van der Waals surface area contributed by atoms with Gasteiger partial charge in [-0.3, -0.25) is 4.79 Å². The number of anilines is 1. The second-order valence-electron chi connectivity index (χ2n) is 5.04. The average molecular weight is 283 g/mol. The molecule has 0 saturated heterocycles. The SMILES string of the molecule is COc1ccc2c(c1)CC(=O)N(C)c1cc(OC)ccc1-2. The minimum Gasteiger partial charge on any atom is -0.497 e. The van der Waals surface area contributed by atoms with Crippen molar-refractivity contribution in [1.29, 1.82) is 0 Å². The molecule has 4 heteroatoms. The highest BCUT2D eigenvalue weighted by molar-refractivity contribution is 6.02. The van der Waals surface area contributed by atoms with Gasteiger partial charge in [-0.05, 0) is 35.4 Å². The first-order valence-electron chi connectivity index (χ1n) is 6.76. The van der Waals surface area contributed by atoms with Crippen molar-refractivity contribution in [3.8, 4) is 22.6 Å². The minimum absolute atomic E-state index is 0.0523. The van der Waals surface area contributed by atoms with E-state index in [0.717, 1.165) is 33.9 Å². The number of likely N-dealkylation sites (N-methyl/N-ethyl adjacent to an activating group) is 1. The monoisotopic (exact) mass is 283 g/mol. The van der Waals surface area contributed by atoms with Crippen molar-refractivity contribution in [3.05, 3.63) is 42.0 Å². The van der Waals surface area contributed by atoms with Crippen LogP contribution in [0, 0.1) is 0 Å². The van der Waals surface area contributed by atoms with Gasteiger partial charge >= 0.3 is 0 Å². The molecule has 0 fully saturated rings. The first-order chi connectivity index (χ1) is 10.1. The lowest BCUT2D eigenvalue weighted by Gasteiger charge is -2.18. The molecule has 21 heavy (non-hydrogen) atoms. The van der Waals surface area contributed by atoms with Crippen LogP contribution in [0.3, 0.4) is 0 Å². The quantitative estimate of drug-likeness (QED) is 0.850. The number of carbonyl (C=O) groups is 1. The minimum atomic E-state index is 0.0523. The van der Waals surface area contributed by atoms with Crippen LogP contribution in [0.15, 0.2) is 36.4 Å². The van der Waals surface area contributed by atoms with Crippen LogP contribution in [0.4, 0.5) is 5.69 Å². The van der Waals surface area contributed by atoms with E-state index in [1.54, 1.807) is 26.2 Å². The van der Waals surface area contributed by atoms with Gasteiger partial charge in [0.15, 0.2) is 0 Å². The Bertz CT molecular complexity index is 709. The largest absolute Gasteiger partial charge is 0.497 e. The number of ether oxygens (including phenoxy) is 2. The molecule has 1 aliphatic heterocycles. The highest BCUT2D eigenvalue weighted by atomic mass is 16.5. The summed E-state index contributed by atoms with van der Waals surface area (Å²) in [6, 6.07) is 11.7. The first-order valence-corrected chi connectivity index (χ1v) is 6.76. The molecule has 0 aromatic heterocycles. The standard InChI is InChI=1S/C17H17NO3/c1-18-16-10-13(21-3)5-7-15(16)14-6-4-12(20-2)8-11(14)9-17(18)19/h4-8,10H,9H2,1-3H3. The number of nitrogens with zero attached hydrogens (tertiary/aromatic N) is 1. The van der Waals surface area contributed by atoms with Gasteiger partial charge in [-0.2, -0.15) is 0 Å². The first kappa shape index (κ1) is 13.5. The topological polar surface area (TPSA) is 38.8 Å². The molecule has 3 rings (SSSR count). The van der Waals surface area contributed by atoms with Crippen molar-refractivity contribution in [2.75, 3.05) is 26.2 Å². The number of methoxy groups -OCH3 is 2. The number of carbonyl (C=O) groups excluding carboxylic acids is 1. The molecule has 2 aromatic rings. The third-order valence-corrected chi connectivity index (χ3v) is 3.88. The number of amides is 1. The lowest BCUT2D eigenvalue weighted by Crippen LogP contribution is -2.26. The Morgan fingerprint density at radius 1 is 0.952 bits per heavy atom. The van der Waals surface area contributed by atoms with E-state index in [2.05, 4.69) is 0 Å². The Labute approximate surface area is 123 Å². The molecule has 108 valence electrons. The summed E-state index contributed by atoms with van der Waals surface area (Å²) in [6.07, 6.45) is 0.361. The zero-order valence-corrected chi connectivity index (χ0v) is 12.3. The van der Waals surface area contributed by atoms with E-state index in [-0.39, 0.29) is 5.91 Å². The Balaban J connectivity index is 2.24. The van der Waals surface area contributed by atoms with Gasteiger partial charge in [0.05, 0.1) is 26.3 Å². The fourth-order valence-corrected chi connectivity index (χ4v) is 2.67. The summed E-state index contributed by atoms with van der Waals surface area (Å²) in [5.41, 5.74) is 3.94. The number of fused-ring (bicyclic) bond motifs is 3. The van der Waals surface area contributed by atoms with Crippen LogP contribution in [-0.4, -0.2) is 27.2 Å². The van der Waals surface area contributed by atoms with Crippen molar-refractivity contribution < 1.29 is 14.3 Å². The number of benzene rings is 2. The van der Waals surface area contributed by atoms with Crippen LogP contribution in [0.25, 0.3) is 11.1 Å². The average Bonchev–Trinajstić information content (AvgIpc) is 2.62. The summed E-state index contributed by atoms with van der Waals surface area (Å²) in [6.45, 7) is 0. The Morgan fingerprint density at radius 3 is 2.24 bits per heavy atom.